The van der Waals surface area contributed by atoms with Crippen LogP contribution >= 0.6 is 0 Å². The Balaban J connectivity index is 0. The Morgan fingerprint density at radius 1 is 0.386 bits per heavy atom. The maximum Gasteiger partial charge on any atom is 3.00 e. The van der Waals surface area contributed by atoms with Crippen molar-refractivity contribution in [3.8, 4) is 22.8 Å². The minimum Gasteiger partial charge on any atom is -0.548 e. The summed E-state index contributed by atoms with van der Waals surface area (Å²) in [6, 6.07) is 23.2. The summed E-state index contributed by atoms with van der Waals surface area (Å²) in [5.41, 5.74) is 3.66. The standard InChI is InChI=1S/2C10H8N2.4C3H4N4O2.2Dy.2NO3/c2*1-3-7-11-9(5-1)10-6-2-4-8-12-10;4*8-3(9)1-7-2-4-5-6-7;;;2*2-1(3)4/h2*1-8H;4*2H,1H2,(H,8,9);;;;/q;;;;;;2*+3;2*-1/p-4. The van der Waals surface area contributed by atoms with E-state index in [0.717, 1.165) is 41.5 Å². The summed E-state index contributed by atoms with van der Waals surface area (Å²) in [5, 5.41) is 108. The summed E-state index contributed by atoms with van der Waals surface area (Å²) in [4.78, 5) is 72.6. The maximum atomic E-state index is 9.84. The Hall–Kier alpha value is -8.29. The summed E-state index contributed by atoms with van der Waals surface area (Å²) >= 11 is 0. The van der Waals surface area contributed by atoms with Gasteiger partial charge in [-0.05, 0) is 90.2 Å². The molecule has 0 aliphatic rings. The van der Waals surface area contributed by atoms with Gasteiger partial charge in [-0.2, -0.15) is 0 Å². The fraction of sp³-hybridized carbons (Fsp3) is 0.125. The van der Waals surface area contributed by atoms with Crippen molar-refractivity contribution in [1.82, 2.24) is 101 Å². The second-order valence-electron chi connectivity index (χ2n) is 10.8. The van der Waals surface area contributed by atoms with Gasteiger partial charge in [0.05, 0.1) is 83.0 Å². The van der Waals surface area contributed by atoms with Crippen molar-refractivity contribution in [2.24, 2.45) is 0 Å². The number of tetrazole rings is 4. The predicted octanol–water partition coefficient (Wildman–Crippen LogP) is -6.50. The summed E-state index contributed by atoms with van der Waals surface area (Å²) in [7, 11) is 0. The van der Waals surface area contributed by atoms with Gasteiger partial charge in [0.15, 0.2) is 0 Å². The molecule has 8 aromatic heterocycles. The first-order valence-corrected chi connectivity index (χ1v) is 17.5. The van der Waals surface area contributed by atoms with Gasteiger partial charge in [-0.15, -0.1) is 20.4 Å². The number of aliphatic carboxylic acids is 4. The Bertz CT molecular complexity index is 2210. The van der Waals surface area contributed by atoms with Crippen molar-refractivity contribution >= 4 is 23.9 Å². The summed E-state index contributed by atoms with van der Waals surface area (Å²) in [6.45, 7) is -1.19. The monoisotopic (exact) mass is 1270 g/mol. The number of nitrogens with zero attached hydrogens (tertiary/aromatic N) is 22. The first-order valence-electron chi connectivity index (χ1n) is 17.5. The molecule has 38 heteroatoms. The van der Waals surface area contributed by atoms with Crippen molar-refractivity contribution in [1.29, 1.82) is 0 Å². The molecule has 8 heterocycles. The first-order chi connectivity index (χ1) is 32.5. The van der Waals surface area contributed by atoms with E-state index in [0.29, 0.717) is 0 Å². The van der Waals surface area contributed by atoms with Crippen molar-refractivity contribution in [2.45, 2.75) is 26.2 Å². The third-order valence-corrected chi connectivity index (χ3v) is 5.91. The van der Waals surface area contributed by atoms with Crippen LogP contribution in [0.2, 0.25) is 0 Å². The molecule has 0 saturated heterocycles. The van der Waals surface area contributed by atoms with Crippen LogP contribution in [0, 0.1) is 107 Å². The Morgan fingerprint density at radius 3 is 0.686 bits per heavy atom. The van der Waals surface area contributed by atoms with Gasteiger partial charge >= 0.3 is 76.3 Å². The summed E-state index contributed by atoms with van der Waals surface area (Å²) in [6.07, 6.45) is 11.9. The molecular formula is C32H28Dy2N22O14. The largest absolute Gasteiger partial charge is 3.00 e. The Labute approximate surface area is 449 Å². The van der Waals surface area contributed by atoms with Crippen LogP contribution in [0.1, 0.15) is 0 Å². The van der Waals surface area contributed by atoms with Gasteiger partial charge in [0.25, 0.3) is 0 Å². The van der Waals surface area contributed by atoms with E-state index in [4.69, 9.17) is 30.6 Å². The number of hydrogen-bond acceptors (Lipinski definition) is 30. The third kappa shape index (κ3) is 35.9. The number of hydrogen-bond donors (Lipinski definition) is 0. The molecular weight excluding hydrogens is 1240 g/mol. The van der Waals surface area contributed by atoms with Crippen molar-refractivity contribution < 1.29 is 126 Å². The molecule has 0 bridgehead atoms. The molecule has 0 unspecified atom stereocenters. The average Bonchev–Trinajstić information content (AvgIpc) is 4.17. The molecule has 0 N–H and O–H groups in total. The van der Waals surface area contributed by atoms with Gasteiger partial charge in [0.1, 0.15) is 25.3 Å². The molecule has 8 rings (SSSR count). The van der Waals surface area contributed by atoms with Gasteiger partial charge < -0.3 is 70.2 Å². The number of carbonyl (C=O) groups excluding carboxylic acids is 4. The van der Waals surface area contributed by atoms with E-state index in [1.807, 2.05) is 72.8 Å². The van der Waals surface area contributed by atoms with Gasteiger partial charge in [0, 0.05) is 24.8 Å². The number of carbonyl (C=O) groups is 4. The number of rotatable bonds is 10. The van der Waals surface area contributed by atoms with E-state index in [1.54, 1.807) is 24.8 Å². The van der Waals surface area contributed by atoms with E-state index in [9.17, 15) is 39.6 Å². The van der Waals surface area contributed by atoms with Crippen molar-refractivity contribution in [3.63, 3.8) is 0 Å². The fourth-order valence-electron chi connectivity index (χ4n) is 3.60. The number of pyridine rings is 4. The number of carboxylic acid groups (broad SMARTS) is 4. The second-order valence-corrected chi connectivity index (χ2v) is 10.8. The summed E-state index contributed by atoms with van der Waals surface area (Å²) in [5.74, 6) is -4.82. The molecule has 370 valence electrons. The molecule has 0 aliphatic heterocycles. The van der Waals surface area contributed by atoms with Gasteiger partial charge in [-0.1, -0.05) is 24.3 Å². The molecule has 36 nitrogen and oxygen atoms in total. The van der Waals surface area contributed by atoms with Crippen LogP contribution in [0.5, 0.6) is 0 Å². The quantitative estimate of drug-likeness (QED) is 0.0907. The van der Waals surface area contributed by atoms with Crippen LogP contribution in [0.25, 0.3) is 22.8 Å². The van der Waals surface area contributed by atoms with E-state index in [-0.39, 0.29) is 103 Å². The molecule has 0 atom stereocenters. The minimum atomic E-state index is -1.75. The number of carboxylic acids is 4. The molecule has 0 aliphatic carbocycles. The minimum absolute atomic E-state index is 0. The SMILES string of the molecule is O=C([O-])Cn1cnnn1.O=C([O-])Cn1cnnn1.O=C([O-])Cn1cnnn1.O=C([O-])Cn1cnnn1.O=[N+]([O-])[O-].O=[N+]([O-])[O-].[Dy+3].[Dy+3].c1ccc(-c2ccccn2)nc1.c1ccc(-c2ccccn2)nc1. The zero-order valence-electron chi connectivity index (χ0n) is 34.6. The topological polar surface area (TPSA) is 519 Å². The summed E-state index contributed by atoms with van der Waals surface area (Å²) < 4.78 is 4.26. The Morgan fingerprint density at radius 2 is 0.571 bits per heavy atom. The molecule has 0 spiro atoms. The zero-order valence-corrected chi connectivity index (χ0v) is 38.6. The van der Waals surface area contributed by atoms with E-state index in [2.05, 4.69) is 82.0 Å². The van der Waals surface area contributed by atoms with Crippen LogP contribution in [0.3, 0.4) is 0 Å². The van der Waals surface area contributed by atoms with Gasteiger partial charge in [-0.3, -0.25) is 19.9 Å². The molecule has 2 radical (unpaired) electrons. The van der Waals surface area contributed by atoms with E-state index in [1.165, 1.54) is 25.3 Å². The van der Waals surface area contributed by atoms with E-state index >= 15 is 0 Å². The molecule has 0 aromatic carbocycles. The molecule has 0 saturated carbocycles. The zero-order chi connectivity index (χ0) is 50.4. The Kier molecular flexibility index (Phi) is 36.3. The molecule has 0 amide bonds. The fourth-order valence-corrected chi connectivity index (χ4v) is 3.60. The molecule has 0 fully saturated rings. The van der Waals surface area contributed by atoms with Crippen LogP contribution in [0.15, 0.2) is 123 Å². The normalized spacial score (nSPS) is 8.80. The number of aromatic nitrogens is 20. The van der Waals surface area contributed by atoms with Crippen LogP contribution in [-0.4, -0.2) is 135 Å². The average molecular weight is 1270 g/mol. The van der Waals surface area contributed by atoms with Gasteiger partial charge in [0.2, 0.25) is 0 Å². The van der Waals surface area contributed by atoms with Crippen LogP contribution < -0.4 is 20.4 Å². The predicted molar refractivity (Wildman–Crippen MR) is 207 cm³/mol. The molecule has 8 aromatic rings. The van der Waals surface area contributed by atoms with E-state index < -0.39 is 34.1 Å². The smallest absolute Gasteiger partial charge is 0.548 e. The third-order valence-electron chi connectivity index (χ3n) is 5.91. The van der Waals surface area contributed by atoms with Crippen LogP contribution in [-0.2, 0) is 45.4 Å². The van der Waals surface area contributed by atoms with Gasteiger partial charge in [-0.25, -0.2) is 18.7 Å². The first kappa shape index (κ1) is 63.8. The van der Waals surface area contributed by atoms with Crippen LogP contribution in [0.4, 0.5) is 0 Å². The maximum absolute atomic E-state index is 9.84. The van der Waals surface area contributed by atoms with Crippen molar-refractivity contribution in [3.05, 3.63) is 154 Å². The molecule has 70 heavy (non-hydrogen) atoms. The second kappa shape index (κ2) is 39.8. The van der Waals surface area contributed by atoms with Crippen molar-refractivity contribution in [2.75, 3.05) is 0 Å².